The molecule has 1 fully saturated rings. The van der Waals surface area contributed by atoms with Gasteiger partial charge in [0.2, 0.25) is 5.88 Å². The molecule has 1 aliphatic rings. The van der Waals surface area contributed by atoms with Crippen molar-refractivity contribution in [3.05, 3.63) is 70.9 Å². The van der Waals surface area contributed by atoms with Gasteiger partial charge in [-0.25, -0.2) is 22.5 Å². The first-order valence-corrected chi connectivity index (χ1v) is 12.7. The van der Waals surface area contributed by atoms with Gasteiger partial charge in [0.1, 0.15) is 12.4 Å². The number of halogens is 6. The van der Waals surface area contributed by atoms with Gasteiger partial charge in [-0.3, -0.25) is 9.58 Å². The van der Waals surface area contributed by atoms with E-state index in [1.807, 2.05) is 37.0 Å². The van der Waals surface area contributed by atoms with Crippen LogP contribution < -0.4 is 4.74 Å². The van der Waals surface area contributed by atoms with Gasteiger partial charge in [0.05, 0.1) is 42.7 Å². The average molecular weight is 600 g/mol. The van der Waals surface area contributed by atoms with E-state index < -0.39 is 41.8 Å². The van der Waals surface area contributed by atoms with Gasteiger partial charge in [0.25, 0.3) is 0 Å². The third kappa shape index (κ3) is 7.20. The van der Waals surface area contributed by atoms with Crippen LogP contribution in [0.25, 0.3) is 16.6 Å². The van der Waals surface area contributed by atoms with Gasteiger partial charge in [-0.2, -0.15) is 23.4 Å². The Hall–Kier alpha value is -4.11. The number of aromatic nitrogens is 4. The number of rotatable bonds is 7. The monoisotopic (exact) mass is 599 g/mol. The van der Waals surface area contributed by atoms with Crippen LogP contribution in [0, 0.1) is 31.3 Å². The van der Waals surface area contributed by atoms with Crippen LogP contribution in [-0.2, 0) is 22.7 Å². The zero-order valence-corrected chi connectivity index (χ0v) is 22.6. The van der Waals surface area contributed by atoms with Crippen LogP contribution >= 0.6 is 0 Å². The van der Waals surface area contributed by atoms with Crippen molar-refractivity contribution in [2.45, 2.75) is 33.2 Å². The molecule has 0 saturated carbocycles. The number of pyridine rings is 1. The fourth-order valence-corrected chi connectivity index (χ4v) is 4.35. The van der Waals surface area contributed by atoms with Gasteiger partial charge in [-0.1, -0.05) is 0 Å². The lowest BCUT2D eigenvalue weighted by atomic mass is 10.1. The Morgan fingerprint density at radius 3 is 2.40 bits per heavy atom. The Bertz CT molecular complexity index is 1560. The molecule has 4 heterocycles. The van der Waals surface area contributed by atoms with E-state index in [0.29, 0.717) is 5.88 Å². The van der Waals surface area contributed by atoms with E-state index in [9.17, 15) is 26.3 Å². The van der Waals surface area contributed by atoms with E-state index in [1.165, 1.54) is 0 Å². The molecule has 0 aliphatic carbocycles. The van der Waals surface area contributed by atoms with Crippen LogP contribution in [0.3, 0.4) is 0 Å². The number of alkyl halides is 3. The summed E-state index contributed by atoms with van der Waals surface area (Å²) in [6.45, 7) is 8.33. The lowest BCUT2D eigenvalue weighted by Crippen LogP contribution is -2.38. The minimum absolute atomic E-state index is 0.303. The highest BCUT2D eigenvalue weighted by molar-refractivity contribution is 5.82. The molecule has 0 spiro atoms. The number of fused-ring (bicyclic) bond motifs is 1. The maximum absolute atomic E-state index is 14.1. The Balaban J connectivity index is 0.000000517. The number of ether oxygens (including phenoxy) is 2. The number of carbonyl (C=O) groups is 1. The van der Waals surface area contributed by atoms with Gasteiger partial charge in [-0.15, -0.1) is 0 Å². The number of morpholine rings is 1. The average Bonchev–Trinajstić information content (AvgIpc) is 3.53. The van der Waals surface area contributed by atoms with Gasteiger partial charge in [0, 0.05) is 43.0 Å². The second-order valence-electron chi connectivity index (χ2n) is 9.49. The van der Waals surface area contributed by atoms with E-state index in [1.54, 1.807) is 10.6 Å². The lowest BCUT2D eigenvalue weighted by Gasteiger charge is -2.26. The number of benzene rings is 1. The first kappa shape index (κ1) is 30.8. The molecule has 1 aromatic carbocycles. The van der Waals surface area contributed by atoms with Gasteiger partial charge in [-0.05, 0) is 37.6 Å². The van der Waals surface area contributed by atoms with Crippen LogP contribution in [-0.4, -0.2) is 74.4 Å². The molecule has 15 heteroatoms. The number of carboxylic acid groups (broad SMARTS) is 1. The third-order valence-electron chi connectivity index (χ3n) is 6.44. The lowest BCUT2D eigenvalue weighted by molar-refractivity contribution is -0.192. The zero-order valence-electron chi connectivity index (χ0n) is 22.6. The maximum Gasteiger partial charge on any atom is 0.490 e. The summed E-state index contributed by atoms with van der Waals surface area (Å²) in [5.41, 5.74) is 3.78. The molecule has 1 N–H and O–H groups in total. The molecule has 4 aromatic rings. The molecule has 1 saturated heterocycles. The number of aliphatic carboxylic acids is 1. The van der Waals surface area contributed by atoms with Crippen molar-refractivity contribution in [1.29, 1.82) is 0 Å². The first-order chi connectivity index (χ1) is 19.8. The molecule has 3 aromatic heterocycles. The standard InChI is InChI=1S/C25H26F3N5O2.C2HF3O2/c1-16-11-22-24(18-13-29-32(14-18)6-5-31-7-9-34-10-8-31)17(2)30-33(22)23(12-16)35-15-19-20(26)3-4-21(27)25(19)28;3-2(4,5)1(6)7/h3-4,11-14H,5-10,15H2,1-2H3;(H,6,7). The maximum atomic E-state index is 14.1. The smallest absolute Gasteiger partial charge is 0.475 e. The van der Waals surface area contributed by atoms with E-state index in [2.05, 4.69) is 15.1 Å². The largest absolute Gasteiger partial charge is 0.490 e. The van der Waals surface area contributed by atoms with Crippen LogP contribution in [0.4, 0.5) is 26.3 Å². The molecule has 9 nitrogen and oxygen atoms in total. The van der Waals surface area contributed by atoms with Crippen molar-refractivity contribution in [2.24, 2.45) is 0 Å². The van der Waals surface area contributed by atoms with Crippen LogP contribution in [0.2, 0.25) is 0 Å². The fourth-order valence-electron chi connectivity index (χ4n) is 4.35. The number of hydrogen-bond acceptors (Lipinski definition) is 6. The molecule has 0 radical (unpaired) electrons. The summed E-state index contributed by atoms with van der Waals surface area (Å²) in [6, 6.07) is 5.33. The van der Waals surface area contributed by atoms with Crippen LogP contribution in [0.5, 0.6) is 5.88 Å². The summed E-state index contributed by atoms with van der Waals surface area (Å²) in [6.07, 6.45) is -1.28. The summed E-state index contributed by atoms with van der Waals surface area (Å²) in [5.74, 6) is -5.70. The first-order valence-electron chi connectivity index (χ1n) is 12.7. The van der Waals surface area contributed by atoms with Crippen LogP contribution in [0.15, 0.2) is 36.7 Å². The van der Waals surface area contributed by atoms with Crippen molar-refractivity contribution in [1.82, 2.24) is 24.3 Å². The zero-order chi connectivity index (χ0) is 30.6. The molecule has 1 aliphatic heterocycles. The van der Waals surface area contributed by atoms with Crippen molar-refractivity contribution in [3.8, 4) is 17.0 Å². The molecule has 0 bridgehead atoms. The Morgan fingerprint density at radius 1 is 1.07 bits per heavy atom. The predicted octanol–water partition coefficient (Wildman–Crippen LogP) is 4.78. The number of hydrogen-bond donors (Lipinski definition) is 1. The van der Waals surface area contributed by atoms with Gasteiger partial charge >= 0.3 is 12.1 Å². The van der Waals surface area contributed by atoms with E-state index in [4.69, 9.17) is 19.4 Å². The highest BCUT2D eigenvalue weighted by atomic mass is 19.4. The molecule has 226 valence electrons. The summed E-state index contributed by atoms with van der Waals surface area (Å²) >= 11 is 0. The van der Waals surface area contributed by atoms with Crippen molar-refractivity contribution < 1.29 is 45.7 Å². The summed E-state index contributed by atoms with van der Waals surface area (Å²) < 4.78 is 88.1. The highest BCUT2D eigenvalue weighted by Gasteiger charge is 2.38. The molecule has 0 unspecified atom stereocenters. The Kier molecular flexibility index (Phi) is 9.41. The second-order valence-corrected chi connectivity index (χ2v) is 9.49. The predicted molar refractivity (Wildman–Crippen MR) is 137 cm³/mol. The molecule has 42 heavy (non-hydrogen) atoms. The minimum atomic E-state index is -5.08. The number of aryl methyl sites for hydroxylation is 2. The molecular formula is C27H27F6N5O4. The summed E-state index contributed by atoms with van der Waals surface area (Å²) in [5, 5.41) is 16.3. The van der Waals surface area contributed by atoms with Gasteiger partial charge in [0.15, 0.2) is 11.6 Å². The number of nitrogens with zero attached hydrogens (tertiary/aromatic N) is 5. The van der Waals surface area contributed by atoms with E-state index in [-0.39, 0.29) is 0 Å². The molecule has 0 amide bonds. The number of carboxylic acids is 1. The highest BCUT2D eigenvalue weighted by Crippen LogP contribution is 2.32. The van der Waals surface area contributed by atoms with E-state index in [0.717, 1.165) is 79.4 Å². The van der Waals surface area contributed by atoms with Gasteiger partial charge < -0.3 is 14.6 Å². The van der Waals surface area contributed by atoms with Crippen molar-refractivity contribution in [2.75, 3.05) is 32.8 Å². The van der Waals surface area contributed by atoms with Crippen molar-refractivity contribution >= 4 is 11.5 Å². The van der Waals surface area contributed by atoms with Crippen molar-refractivity contribution in [3.63, 3.8) is 0 Å². The van der Waals surface area contributed by atoms with E-state index >= 15 is 0 Å². The Morgan fingerprint density at radius 2 is 1.74 bits per heavy atom. The molecule has 0 atom stereocenters. The SMILES string of the molecule is Cc1cc(OCc2c(F)ccc(F)c2F)n2nc(C)c(-c3cnn(CCN4CCOCC4)c3)c2c1.O=C(O)C(F)(F)F. The third-order valence-corrected chi connectivity index (χ3v) is 6.44. The minimum Gasteiger partial charge on any atom is -0.475 e. The topological polar surface area (TPSA) is 94.1 Å². The molecule has 5 rings (SSSR count). The normalized spacial score (nSPS) is 14.1. The quantitative estimate of drug-likeness (QED) is 0.242. The molecular weight excluding hydrogens is 572 g/mol. The van der Waals surface area contributed by atoms with Crippen LogP contribution in [0.1, 0.15) is 16.8 Å². The summed E-state index contributed by atoms with van der Waals surface area (Å²) in [7, 11) is 0. The summed E-state index contributed by atoms with van der Waals surface area (Å²) in [4.78, 5) is 11.2. The second kappa shape index (κ2) is 12.8. The Labute approximate surface area is 235 Å². The fraction of sp³-hybridized carbons (Fsp3) is 0.370.